The number of nitrogens with one attached hydrogen (secondary N) is 1. The van der Waals surface area contributed by atoms with Gasteiger partial charge < -0.3 is 10.4 Å². The van der Waals surface area contributed by atoms with Gasteiger partial charge in [-0.2, -0.15) is 4.37 Å². The molecule has 0 radical (unpaired) electrons. The molecular formula is C13H14ClN3O2S. The Labute approximate surface area is 125 Å². The van der Waals surface area contributed by atoms with Crippen LogP contribution in [-0.2, 0) is 5.41 Å². The van der Waals surface area contributed by atoms with Crippen molar-refractivity contribution in [2.24, 2.45) is 0 Å². The van der Waals surface area contributed by atoms with Gasteiger partial charge in [0.25, 0.3) is 0 Å². The van der Waals surface area contributed by atoms with E-state index in [0.717, 1.165) is 5.82 Å². The summed E-state index contributed by atoms with van der Waals surface area (Å²) in [6.07, 6.45) is 0. The fourth-order valence-electron chi connectivity index (χ4n) is 1.47. The molecule has 0 atom stereocenters. The summed E-state index contributed by atoms with van der Waals surface area (Å²) in [7, 11) is 0. The molecule has 0 unspecified atom stereocenters. The average Bonchev–Trinajstić information content (AvgIpc) is 2.79. The normalized spacial score (nSPS) is 11.4. The van der Waals surface area contributed by atoms with Crippen LogP contribution in [0.4, 0.5) is 10.8 Å². The van der Waals surface area contributed by atoms with Gasteiger partial charge in [-0.15, -0.1) is 0 Å². The molecule has 0 fully saturated rings. The predicted octanol–water partition coefficient (Wildman–Crippen LogP) is 3.93. The number of carboxylic acids is 1. The molecule has 0 spiro atoms. The summed E-state index contributed by atoms with van der Waals surface area (Å²) >= 11 is 7.06. The zero-order chi connectivity index (χ0) is 14.9. The number of hydrogen-bond donors (Lipinski definition) is 2. The molecule has 0 saturated carbocycles. The first-order valence-electron chi connectivity index (χ1n) is 5.91. The topological polar surface area (TPSA) is 75.1 Å². The van der Waals surface area contributed by atoms with E-state index >= 15 is 0 Å². The SMILES string of the molecule is CC(C)(C)c1nsc(Nc2ccc(Cl)c(C(=O)O)c2)n1. The molecule has 2 rings (SSSR count). The molecule has 0 aliphatic heterocycles. The quantitative estimate of drug-likeness (QED) is 0.898. The highest BCUT2D eigenvalue weighted by molar-refractivity contribution is 7.09. The zero-order valence-corrected chi connectivity index (χ0v) is 12.8. The Balaban J connectivity index is 2.24. The number of nitrogens with zero attached hydrogens (tertiary/aromatic N) is 2. The lowest BCUT2D eigenvalue weighted by Gasteiger charge is -2.12. The first-order valence-corrected chi connectivity index (χ1v) is 7.06. The van der Waals surface area contributed by atoms with Gasteiger partial charge in [-0.05, 0) is 18.2 Å². The fraction of sp³-hybridized carbons (Fsp3) is 0.308. The molecule has 2 aromatic rings. The second-order valence-corrected chi connectivity index (χ2v) is 6.46. The van der Waals surface area contributed by atoms with E-state index in [-0.39, 0.29) is 16.0 Å². The molecule has 20 heavy (non-hydrogen) atoms. The maximum Gasteiger partial charge on any atom is 0.337 e. The largest absolute Gasteiger partial charge is 0.478 e. The van der Waals surface area contributed by atoms with Crippen molar-refractivity contribution in [3.8, 4) is 0 Å². The third-order valence-electron chi connectivity index (χ3n) is 2.54. The number of hydrogen-bond acceptors (Lipinski definition) is 5. The van der Waals surface area contributed by atoms with Gasteiger partial charge in [0.15, 0.2) is 0 Å². The van der Waals surface area contributed by atoms with Crippen molar-refractivity contribution in [2.75, 3.05) is 5.32 Å². The van der Waals surface area contributed by atoms with E-state index in [9.17, 15) is 4.79 Å². The average molecular weight is 312 g/mol. The summed E-state index contributed by atoms with van der Waals surface area (Å²) in [5.74, 6) is -0.316. The van der Waals surface area contributed by atoms with E-state index in [2.05, 4.69) is 14.7 Å². The second-order valence-electron chi connectivity index (χ2n) is 5.30. The van der Waals surface area contributed by atoms with Crippen molar-refractivity contribution in [3.63, 3.8) is 0 Å². The van der Waals surface area contributed by atoms with Crippen LogP contribution in [-0.4, -0.2) is 20.4 Å². The van der Waals surface area contributed by atoms with Crippen LogP contribution in [0.15, 0.2) is 18.2 Å². The Morgan fingerprint density at radius 2 is 2.10 bits per heavy atom. The summed E-state index contributed by atoms with van der Waals surface area (Å²) in [6, 6.07) is 4.72. The first-order chi connectivity index (χ1) is 9.27. The van der Waals surface area contributed by atoms with Gasteiger partial charge in [0.05, 0.1) is 10.6 Å². The summed E-state index contributed by atoms with van der Waals surface area (Å²) in [5, 5.41) is 12.9. The van der Waals surface area contributed by atoms with Crippen molar-refractivity contribution in [3.05, 3.63) is 34.6 Å². The van der Waals surface area contributed by atoms with E-state index < -0.39 is 5.97 Å². The van der Waals surface area contributed by atoms with Crippen LogP contribution in [0.5, 0.6) is 0 Å². The van der Waals surface area contributed by atoms with Crippen molar-refractivity contribution < 1.29 is 9.90 Å². The van der Waals surface area contributed by atoms with Crippen molar-refractivity contribution in [1.29, 1.82) is 0 Å². The van der Waals surface area contributed by atoms with Gasteiger partial charge in [0.2, 0.25) is 5.13 Å². The van der Waals surface area contributed by atoms with Gasteiger partial charge >= 0.3 is 5.97 Å². The lowest BCUT2D eigenvalue weighted by atomic mass is 9.96. The molecular weight excluding hydrogens is 298 g/mol. The summed E-state index contributed by atoms with van der Waals surface area (Å²) in [5.41, 5.74) is 0.545. The van der Waals surface area contributed by atoms with Crippen LogP contribution in [0, 0.1) is 0 Å². The minimum Gasteiger partial charge on any atom is -0.478 e. The smallest absolute Gasteiger partial charge is 0.337 e. The van der Waals surface area contributed by atoms with Crippen molar-refractivity contribution in [2.45, 2.75) is 26.2 Å². The molecule has 1 aromatic carbocycles. The molecule has 7 heteroatoms. The minimum absolute atomic E-state index is 0.0530. The Hall–Kier alpha value is -1.66. The molecule has 2 N–H and O–H groups in total. The lowest BCUT2D eigenvalue weighted by molar-refractivity contribution is 0.0697. The number of aromatic carboxylic acids is 1. The molecule has 1 aromatic heterocycles. The first kappa shape index (κ1) is 14.7. The number of rotatable bonds is 3. The van der Waals surface area contributed by atoms with E-state index in [0.29, 0.717) is 10.8 Å². The maximum atomic E-state index is 11.0. The Morgan fingerprint density at radius 1 is 1.40 bits per heavy atom. The third-order valence-corrected chi connectivity index (χ3v) is 3.50. The van der Waals surface area contributed by atoms with E-state index in [1.54, 1.807) is 12.1 Å². The van der Waals surface area contributed by atoms with Crippen LogP contribution < -0.4 is 5.32 Å². The summed E-state index contributed by atoms with van der Waals surface area (Å²) < 4.78 is 4.28. The number of anilines is 2. The molecule has 0 aliphatic carbocycles. The molecule has 106 valence electrons. The highest BCUT2D eigenvalue weighted by atomic mass is 35.5. The fourth-order valence-corrected chi connectivity index (χ4v) is 2.45. The molecule has 0 bridgehead atoms. The molecule has 1 heterocycles. The van der Waals surface area contributed by atoms with Gasteiger partial charge in [-0.1, -0.05) is 32.4 Å². The number of carbonyl (C=O) groups is 1. The highest BCUT2D eigenvalue weighted by Gasteiger charge is 2.19. The summed E-state index contributed by atoms with van der Waals surface area (Å²) in [4.78, 5) is 15.4. The summed E-state index contributed by atoms with van der Waals surface area (Å²) in [6.45, 7) is 6.09. The second kappa shape index (κ2) is 5.38. The van der Waals surface area contributed by atoms with E-state index in [1.165, 1.54) is 17.6 Å². The van der Waals surface area contributed by atoms with Crippen LogP contribution in [0.25, 0.3) is 0 Å². The van der Waals surface area contributed by atoms with Gasteiger partial charge in [0, 0.05) is 22.6 Å². The van der Waals surface area contributed by atoms with Gasteiger partial charge in [-0.25, -0.2) is 9.78 Å². The number of aromatic nitrogens is 2. The highest BCUT2D eigenvalue weighted by Crippen LogP contribution is 2.27. The number of carboxylic acid groups (broad SMARTS) is 1. The lowest BCUT2D eigenvalue weighted by Crippen LogP contribution is -2.13. The van der Waals surface area contributed by atoms with E-state index in [1.807, 2.05) is 20.8 Å². The van der Waals surface area contributed by atoms with E-state index in [4.69, 9.17) is 16.7 Å². The van der Waals surface area contributed by atoms with Crippen LogP contribution >= 0.6 is 23.1 Å². The van der Waals surface area contributed by atoms with Crippen LogP contribution in [0.2, 0.25) is 5.02 Å². The number of halogens is 1. The monoisotopic (exact) mass is 311 g/mol. The zero-order valence-electron chi connectivity index (χ0n) is 11.3. The molecule has 0 amide bonds. The Kier molecular flexibility index (Phi) is 3.96. The molecule has 0 aliphatic rings. The predicted molar refractivity (Wildman–Crippen MR) is 80.3 cm³/mol. The van der Waals surface area contributed by atoms with Crippen LogP contribution in [0.1, 0.15) is 37.0 Å². The van der Waals surface area contributed by atoms with Crippen molar-refractivity contribution in [1.82, 2.24) is 9.36 Å². The van der Waals surface area contributed by atoms with Crippen molar-refractivity contribution >= 4 is 39.9 Å². The third kappa shape index (κ3) is 3.26. The standard InChI is InChI=1S/C13H14ClN3O2S/c1-13(2,3)11-16-12(20-17-11)15-7-4-5-9(14)8(6-7)10(18)19/h4-6H,1-3H3,(H,18,19)(H,15,16,17). The number of benzene rings is 1. The molecule has 0 saturated heterocycles. The Morgan fingerprint density at radius 3 is 2.65 bits per heavy atom. The van der Waals surface area contributed by atoms with Crippen LogP contribution in [0.3, 0.4) is 0 Å². The molecule has 5 nitrogen and oxygen atoms in total. The Bertz CT molecular complexity index is 649. The maximum absolute atomic E-state index is 11.0. The minimum atomic E-state index is -1.06. The van der Waals surface area contributed by atoms with Gasteiger partial charge in [0.1, 0.15) is 5.82 Å². The van der Waals surface area contributed by atoms with Gasteiger partial charge in [-0.3, -0.25) is 0 Å².